The maximum absolute atomic E-state index is 10.6. The number of hydrogen-bond acceptors (Lipinski definition) is 1. The van der Waals surface area contributed by atoms with E-state index < -0.39 is 6.10 Å². The van der Waals surface area contributed by atoms with Gasteiger partial charge < -0.3 is 5.11 Å². The average Bonchev–Trinajstić information content (AvgIpc) is 2.40. The summed E-state index contributed by atoms with van der Waals surface area (Å²) in [6, 6.07) is 13.2. The lowest BCUT2D eigenvalue weighted by Crippen LogP contribution is -2.16. The van der Waals surface area contributed by atoms with Gasteiger partial charge in [-0.1, -0.05) is 74.3 Å². The van der Waals surface area contributed by atoms with E-state index in [1.807, 2.05) is 18.2 Å². The van der Waals surface area contributed by atoms with Crippen LogP contribution in [0.2, 0.25) is 10.0 Å². The standard InChI is InChI=1S/C17H18Cl2O/c1-17(2,3)13-7-5-4-6-12(13)16(20)11-8-9-14(18)15(19)10-11/h4-10,16,20H,1-3H3. The van der Waals surface area contributed by atoms with Gasteiger partial charge in [-0.2, -0.15) is 0 Å². The summed E-state index contributed by atoms with van der Waals surface area (Å²) in [4.78, 5) is 0. The van der Waals surface area contributed by atoms with Gasteiger partial charge in [-0.15, -0.1) is 0 Å². The number of rotatable bonds is 2. The van der Waals surface area contributed by atoms with E-state index in [-0.39, 0.29) is 5.41 Å². The second-order valence-corrected chi connectivity index (χ2v) is 6.73. The maximum Gasteiger partial charge on any atom is 0.104 e. The van der Waals surface area contributed by atoms with Gasteiger partial charge in [0.25, 0.3) is 0 Å². The first-order chi connectivity index (χ1) is 9.30. The molecule has 0 aliphatic rings. The first-order valence-corrected chi connectivity index (χ1v) is 7.28. The Bertz CT molecular complexity index is 615. The highest BCUT2D eigenvalue weighted by atomic mass is 35.5. The van der Waals surface area contributed by atoms with E-state index in [1.54, 1.807) is 18.2 Å². The van der Waals surface area contributed by atoms with E-state index in [1.165, 1.54) is 0 Å². The van der Waals surface area contributed by atoms with Crippen molar-refractivity contribution in [3.05, 3.63) is 69.2 Å². The molecule has 0 aliphatic carbocycles. The van der Waals surface area contributed by atoms with Gasteiger partial charge in [0.2, 0.25) is 0 Å². The fraction of sp³-hybridized carbons (Fsp3) is 0.294. The van der Waals surface area contributed by atoms with E-state index in [0.717, 1.165) is 16.7 Å². The molecule has 0 heterocycles. The van der Waals surface area contributed by atoms with Crippen molar-refractivity contribution in [1.29, 1.82) is 0 Å². The summed E-state index contributed by atoms with van der Waals surface area (Å²) in [7, 11) is 0. The Balaban J connectivity index is 2.48. The average molecular weight is 309 g/mol. The third-order valence-electron chi connectivity index (χ3n) is 3.32. The molecule has 0 fully saturated rings. The summed E-state index contributed by atoms with van der Waals surface area (Å²) in [5.41, 5.74) is 2.74. The van der Waals surface area contributed by atoms with E-state index in [9.17, 15) is 5.11 Å². The molecule has 20 heavy (non-hydrogen) atoms. The molecule has 0 spiro atoms. The Hall–Kier alpha value is -1.02. The number of hydrogen-bond donors (Lipinski definition) is 1. The van der Waals surface area contributed by atoms with Crippen LogP contribution in [0.25, 0.3) is 0 Å². The Morgan fingerprint density at radius 3 is 2.20 bits per heavy atom. The van der Waals surface area contributed by atoms with E-state index in [0.29, 0.717) is 10.0 Å². The molecule has 1 N–H and O–H groups in total. The molecule has 106 valence electrons. The number of aliphatic hydroxyl groups is 1. The van der Waals surface area contributed by atoms with Crippen molar-refractivity contribution in [3.8, 4) is 0 Å². The van der Waals surface area contributed by atoms with Crippen molar-refractivity contribution in [2.45, 2.75) is 32.3 Å². The highest BCUT2D eigenvalue weighted by Crippen LogP contribution is 2.34. The molecule has 1 unspecified atom stereocenters. The Kier molecular flexibility index (Phi) is 4.43. The molecule has 0 saturated heterocycles. The largest absolute Gasteiger partial charge is 0.384 e. The molecule has 0 saturated carbocycles. The minimum atomic E-state index is -0.708. The van der Waals surface area contributed by atoms with Crippen LogP contribution in [-0.4, -0.2) is 5.11 Å². The summed E-state index contributed by atoms with van der Waals surface area (Å²) in [6.07, 6.45) is -0.708. The molecule has 0 aromatic heterocycles. The van der Waals surface area contributed by atoms with Gasteiger partial charge in [0.05, 0.1) is 10.0 Å². The van der Waals surface area contributed by atoms with Gasteiger partial charge in [-0.3, -0.25) is 0 Å². The van der Waals surface area contributed by atoms with Crippen LogP contribution in [-0.2, 0) is 5.41 Å². The van der Waals surface area contributed by atoms with Gasteiger partial charge in [0.15, 0.2) is 0 Å². The zero-order chi connectivity index (χ0) is 14.9. The first-order valence-electron chi connectivity index (χ1n) is 6.53. The zero-order valence-electron chi connectivity index (χ0n) is 11.8. The summed E-state index contributed by atoms with van der Waals surface area (Å²) >= 11 is 12.0. The minimum absolute atomic E-state index is 0.0339. The van der Waals surface area contributed by atoms with Crippen LogP contribution in [0.3, 0.4) is 0 Å². The molecule has 1 atom stereocenters. The van der Waals surface area contributed by atoms with Crippen LogP contribution in [0.15, 0.2) is 42.5 Å². The molecular weight excluding hydrogens is 291 g/mol. The molecule has 0 aliphatic heterocycles. The van der Waals surface area contributed by atoms with Crippen LogP contribution in [0.4, 0.5) is 0 Å². The van der Waals surface area contributed by atoms with E-state index >= 15 is 0 Å². The summed E-state index contributed by atoms with van der Waals surface area (Å²) in [5.74, 6) is 0. The van der Waals surface area contributed by atoms with Crippen LogP contribution in [0, 0.1) is 0 Å². The lowest BCUT2D eigenvalue weighted by atomic mass is 9.81. The Morgan fingerprint density at radius 2 is 1.60 bits per heavy atom. The second-order valence-electron chi connectivity index (χ2n) is 5.91. The molecule has 1 nitrogen and oxygen atoms in total. The fourth-order valence-corrected chi connectivity index (χ4v) is 2.59. The zero-order valence-corrected chi connectivity index (χ0v) is 13.3. The van der Waals surface area contributed by atoms with Gasteiger partial charge >= 0.3 is 0 Å². The molecule has 0 amide bonds. The monoisotopic (exact) mass is 308 g/mol. The highest BCUT2D eigenvalue weighted by molar-refractivity contribution is 6.42. The first kappa shape index (κ1) is 15.4. The predicted molar refractivity (Wildman–Crippen MR) is 85.7 cm³/mol. The quantitative estimate of drug-likeness (QED) is 0.790. The topological polar surface area (TPSA) is 20.2 Å². The molecule has 2 rings (SSSR count). The van der Waals surface area contributed by atoms with E-state index in [4.69, 9.17) is 23.2 Å². The van der Waals surface area contributed by atoms with Gasteiger partial charge in [-0.05, 0) is 34.2 Å². The van der Waals surface area contributed by atoms with Gasteiger partial charge in [0, 0.05) is 0 Å². The van der Waals surface area contributed by atoms with Gasteiger partial charge in [0.1, 0.15) is 6.10 Å². The molecular formula is C17H18Cl2O. The van der Waals surface area contributed by atoms with Crippen molar-refractivity contribution >= 4 is 23.2 Å². The lowest BCUT2D eigenvalue weighted by molar-refractivity contribution is 0.217. The number of halogens is 2. The Morgan fingerprint density at radius 1 is 0.950 bits per heavy atom. The molecule has 2 aromatic carbocycles. The third kappa shape index (κ3) is 3.17. The van der Waals surface area contributed by atoms with Crippen LogP contribution >= 0.6 is 23.2 Å². The van der Waals surface area contributed by atoms with E-state index in [2.05, 4.69) is 26.8 Å². The highest BCUT2D eigenvalue weighted by Gasteiger charge is 2.22. The number of aliphatic hydroxyl groups excluding tert-OH is 1. The van der Waals surface area contributed by atoms with Crippen molar-refractivity contribution in [2.24, 2.45) is 0 Å². The van der Waals surface area contributed by atoms with Crippen molar-refractivity contribution in [2.75, 3.05) is 0 Å². The second kappa shape index (κ2) is 5.77. The molecule has 0 radical (unpaired) electrons. The van der Waals surface area contributed by atoms with Crippen molar-refractivity contribution in [3.63, 3.8) is 0 Å². The third-order valence-corrected chi connectivity index (χ3v) is 4.06. The fourth-order valence-electron chi connectivity index (χ4n) is 2.28. The van der Waals surface area contributed by atoms with Crippen molar-refractivity contribution < 1.29 is 5.11 Å². The van der Waals surface area contributed by atoms with Crippen molar-refractivity contribution in [1.82, 2.24) is 0 Å². The molecule has 2 aromatic rings. The maximum atomic E-state index is 10.6. The smallest absolute Gasteiger partial charge is 0.104 e. The van der Waals surface area contributed by atoms with Crippen LogP contribution < -0.4 is 0 Å². The SMILES string of the molecule is CC(C)(C)c1ccccc1C(O)c1ccc(Cl)c(Cl)c1. The Labute approximate surface area is 130 Å². The van der Waals surface area contributed by atoms with Gasteiger partial charge in [-0.25, -0.2) is 0 Å². The summed E-state index contributed by atoms with van der Waals surface area (Å²) in [5, 5.41) is 11.6. The van der Waals surface area contributed by atoms with Crippen LogP contribution in [0.1, 0.15) is 43.6 Å². The normalized spacial score (nSPS) is 13.3. The number of benzene rings is 2. The summed E-state index contributed by atoms with van der Waals surface area (Å²) in [6.45, 7) is 6.40. The molecule has 3 heteroatoms. The lowest BCUT2D eigenvalue weighted by Gasteiger charge is -2.25. The molecule has 0 bridgehead atoms. The minimum Gasteiger partial charge on any atom is -0.384 e. The summed E-state index contributed by atoms with van der Waals surface area (Å²) < 4.78 is 0. The predicted octanol–water partition coefficient (Wildman–Crippen LogP) is 5.37. The van der Waals surface area contributed by atoms with Crippen LogP contribution in [0.5, 0.6) is 0 Å².